The fourth-order valence-corrected chi connectivity index (χ4v) is 4.52. The number of nitriles is 1. The molecule has 0 spiro atoms. The zero-order chi connectivity index (χ0) is 18.7. The van der Waals surface area contributed by atoms with Crippen LogP contribution in [0.3, 0.4) is 0 Å². The van der Waals surface area contributed by atoms with Crippen LogP contribution in [-0.2, 0) is 9.84 Å². The van der Waals surface area contributed by atoms with Crippen LogP contribution in [0.25, 0.3) is 0 Å². The van der Waals surface area contributed by atoms with Gasteiger partial charge >= 0.3 is 0 Å². The van der Waals surface area contributed by atoms with Crippen molar-refractivity contribution in [2.24, 2.45) is 0 Å². The van der Waals surface area contributed by atoms with Gasteiger partial charge in [-0.05, 0) is 18.6 Å². The number of carbonyl (C=O) groups excluding carboxylic acids is 1. The predicted octanol–water partition coefficient (Wildman–Crippen LogP) is 1.22. The summed E-state index contributed by atoms with van der Waals surface area (Å²) < 4.78 is 23.2. The largest absolute Gasteiger partial charge is 0.340 e. The maximum atomic E-state index is 12.3. The third-order valence-electron chi connectivity index (χ3n) is 4.27. The number of hydrogen-bond donors (Lipinski definition) is 1. The van der Waals surface area contributed by atoms with Crippen LogP contribution >= 0.6 is 0 Å². The van der Waals surface area contributed by atoms with Crippen LogP contribution in [0, 0.1) is 11.3 Å². The Balaban J connectivity index is 1.71. The minimum atomic E-state index is -3.00. The number of nitrogens with one attached hydrogen (secondary N) is 1. The van der Waals surface area contributed by atoms with Crippen molar-refractivity contribution in [1.82, 2.24) is 9.97 Å². The van der Waals surface area contributed by atoms with Crippen molar-refractivity contribution in [1.29, 1.82) is 5.26 Å². The van der Waals surface area contributed by atoms with E-state index in [-0.39, 0.29) is 23.1 Å². The molecule has 26 heavy (non-hydrogen) atoms. The molecule has 3 rings (SSSR count). The van der Waals surface area contributed by atoms with E-state index in [4.69, 9.17) is 5.26 Å². The van der Waals surface area contributed by atoms with Crippen molar-refractivity contribution >= 4 is 27.4 Å². The molecule has 1 aliphatic heterocycles. The number of benzene rings is 1. The van der Waals surface area contributed by atoms with Gasteiger partial charge in [0, 0.05) is 25.5 Å². The molecule has 0 bridgehead atoms. The zero-order valence-electron chi connectivity index (χ0n) is 14.1. The predicted molar refractivity (Wildman–Crippen MR) is 96.6 cm³/mol. The highest BCUT2D eigenvalue weighted by atomic mass is 32.2. The maximum Gasteiger partial charge on any atom is 0.258 e. The minimum Gasteiger partial charge on any atom is -0.340 e. The molecule has 8 nitrogen and oxygen atoms in total. The van der Waals surface area contributed by atoms with Gasteiger partial charge in [-0.15, -0.1) is 0 Å². The number of anilines is 2. The maximum absolute atomic E-state index is 12.3. The summed E-state index contributed by atoms with van der Waals surface area (Å²) in [5, 5.41) is 11.7. The number of sulfone groups is 1. The van der Waals surface area contributed by atoms with Crippen molar-refractivity contribution in [2.75, 3.05) is 28.8 Å². The van der Waals surface area contributed by atoms with E-state index >= 15 is 0 Å². The molecule has 1 aromatic carbocycles. The highest BCUT2D eigenvalue weighted by molar-refractivity contribution is 7.91. The highest BCUT2D eigenvalue weighted by Gasteiger charge is 2.31. The van der Waals surface area contributed by atoms with E-state index < -0.39 is 15.7 Å². The van der Waals surface area contributed by atoms with Crippen LogP contribution < -0.4 is 10.2 Å². The third-order valence-corrected chi connectivity index (χ3v) is 6.02. The van der Waals surface area contributed by atoms with E-state index in [9.17, 15) is 13.2 Å². The van der Waals surface area contributed by atoms with Gasteiger partial charge in [0.1, 0.15) is 6.07 Å². The summed E-state index contributed by atoms with van der Waals surface area (Å²) in [5.41, 5.74) is 1.02. The first-order valence-corrected chi connectivity index (χ1v) is 9.77. The molecule has 1 aromatic heterocycles. The lowest BCUT2D eigenvalue weighted by molar-refractivity contribution is 0.102. The number of amides is 1. The summed E-state index contributed by atoms with van der Waals surface area (Å²) in [6.07, 6.45) is 3.30. The Morgan fingerprint density at radius 2 is 2.00 bits per heavy atom. The van der Waals surface area contributed by atoms with Crippen LogP contribution in [0.1, 0.15) is 22.3 Å². The average molecular weight is 371 g/mol. The Labute approximate surface area is 151 Å². The monoisotopic (exact) mass is 371 g/mol. The summed E-state index contributed by atoms with van der Waals surface area (Å²) in [6, 6.07) is 8.53. The second-order valence-corrected chi connectivity index (χ2v) is 8.28. The summed E-state index contributed by atoms with van der Waals surface area (Å²) in [6.45, 7) is 0. The second-order valence-electron chi connectivity index (χ2n) is 6.05. The van der Waals surface area contributed by atoms with Crippen molar-refractivity contribution < 1.29 is 13.2 Å². The van der Waals surface area contributed by atoms with Crippen LogP contribution in [0.4, 0.5) is 11.6 Å². The molecule has 0 aliphatic carbocycles. The number of para-hydroxylation sites is 1. The van der Waals surface area contributed by atoms with Gasteiger partial charge in [-0.25, -0.2) is 18.4 Å². The molecule has 1 unspecified atom stereocenters. The van der Waals surface area contributed by atoms with Gasteiger partial charge in [0.05, 0.1) is 28.3 Å². The summed E-state index contributed by atoms with van der Waals surface area (Å²) >= 11 is 0. The lowest BCUT2D eigenvalue weighted by Gasteiger charge is -2.23. The molecule has 1 amide bonds. The van der Waals surface area contributed by atoms with Gasteiger partial charge in [-0.3, -0.25) is 4.79 Å². The van der Waals surface area contributed by atoms with Crippen LogP contribution in [0.5, 0.6) is 0 Å². The molecule has 9 heteroatoms. The van der Waals surface area contributed by atoms with Crippen molar-refractivity contribution in [3.05, 3.63) is 47.8 Å². The van der Waals surface area contributed by atoms with E-state index in [1.165, 1.54) is 12.4 Å². The standard InChI is InChI=1S/C17H17N5O3S/c1-22(14-6-7-26(24,25)11-14)17-19-9-13(10-20-17)16(23)21-15-5-3-2-4-12(15)8-18/h2-5,9-10,14H,6-7,11H2,1H3,(H,21,23). The van der Waals surface area contributed by atoms with Crippen LogP contribution in [0.15, 0.2) is 36.7 Å². The SMILES string of the molecule is CN(c1ncc(C(=O)Nc2ccccc2C#N)cn1)C1CCS(=O)(=O)C1. The van der Waals surface area contributed by atoms with Crippen molar-refractivity contribution in [3.63, 3.8) is 0 Å². The Bertz CT molecular complexity index is 967. The Morgan fingerprint density at radius 3 is 2.62 bits per heavy atom. The smallest absolute Gasteiger partial charge is 0.258 e. The molecule has 1 saturated heterocycles. The molecule has 1 N–H and O–H groups in total. The molecule has 2 heterocycles. The number of rotatable bonds is 4. The second kappa shape index (κ2) is 7.09. The molecule has 0 radical (unpaired) electrons. The van der Waals surface area contributed by atoms with Crippen LogP contribution in [-0.4, -0.2) is 48.9 Å². The molecule has 134 valence electrons. The van der Waals surface area contributed by atoms with Gasteiger partial charge in [0.15, 0.2) is 9.84 Å². The summed E-state index contributed by atoms with van der Waals surface area (Å²) in [4.78, 5) is 22.4. The number of aromatic nitrogens is 2. The molecule has 1 atom stereocenters. The first-order chi connectivity index (χ1) is 12.4. The van der Waals surface area contributed by atoms with Gasteiger partial charge in [0.2, 0.25) is 5.95 Å². The summed E-state index contributed by atoms with van der Waals surface area (Å²) in [5.74, 6) is 0.187. The lowest BCUT2D eigenvalue weighted by atomic mass is 10.2. The molecular formula is C17H17N5O3S. The Hall–Kier alpha value is -2.99. The minimum absolute atomic E-state index is 0.0834. The fourth-order valence-electron chi connectivity index (χ4n) is 2.75. The van der Waals surface area contributed by atoms with Crippen molar-refractivity contribution in [3.8, 4) is 6.07 Å². The van der Waals surface area contributed by atoms with E-state index in [2.05, 4.69) is 15.3 Å². The molecular weight excluding hydrogens is 354 g/mol. The topological polar surface area (TPSA) is 116 Å². The Kier molecular flexibility index (Phi) is 4.86. The van der Waals surface area contributed by atoms with E-state index in [1.807, 2.05) is 6.07 Å². The number of hydrogen-bond acceptors (Lipinski definition) is 7. The fraction of sp³-hybridized carbons (Fsp3) is 0.294. The number of nitrogens with zero attached hydrogens (tertiary/aromatic N) is 4. The molecule has 1 fully saturated rings. The lowest BCUT2D eigenvalue weighted by Crippen LogP contribution is -2.34. The Morgan fingerprint density at radius 1 is 1.31 bits per heavy atom. The van der Waals surface area contributed by atoms with Gasteiger partial charge in [-0.1, -0.05) is 12.1 Å². The first-order valence-electron chi connectivity index (χ1n) is 7.95. The van der Waals surface area contributed by atoms with E-state index in [0.29, 0.717) is 23.6 Å². The molecule has 0 saturated carbocycles. The van der Waals surface area contributed by atoms with Crippen LogP contribution in [0.2, 0.25) is 0 Å². The van der Waals surface area contributed by atoms with E-state index in [0.717, 1.165) is 0 Å². The van der Waals surface area contributed by atoms with E-state index in [1.54, 1.807) is 36.2 Å². The quantitative estimate of drug-likeness (QED) is 0.859. The average Bonchev–Trinajstić information content (AvgIpc) is 3.01. The summed E-state index contributed by atoms with van der Waals surface area (Å²) in [7, 11) is -1.26. The van der Waals surface area contributed by atoms with Gasteiger partial charge < -0.3 is 10.2 Å². The van der Waals surface area contributed by atoms with Gasteiger partial charge in [-0.2, -0.15) is 5.26 Å². The third kappa shape index (κ3) is 3.81. The number of carbonyl (C=O) groups is 1. The van der Waals surface area contributed by atoms with Crippen molar-refractivity contribution in [2.45, 2.75) is 12.5 Å². The zero-order valence-corrected chi connectivity index (χ0v) is 14.9. The van der Waals surface area contributed by atoms with Gasteiger partial charge in [0.25, 0.3) is 5.91 Å². The molecule has 1 aliphatic rings. The molecule has 2 aromatic rings. The highest BCUT2D eigenvalue weighted by Crippen LogP contribution is 2.20. The first kappa shape index (κ1) is 17.8. The normalized spacial score (nSPS) is 18.1.